The van der Waals surface area contributed by atoms with Crippen molar-refractivity contribution in [2.75, 3.05) is 11.9 Å². The number of benzene rings is 1. The minimum Gasteiger partial charge on any atom is -0.463 e. The Morgan fingerprint density at radius 3 is 1.88 bits per heavy atom. The number of carbonyl (C=O) groups is 4. The summed E-state index contributed by atoms with van der Waals surface area (Å²) in [7, 11) is 0. The molecule has 0 aliphatic carbocycles. The van der Waals surface area contributed by atoms with Gasteiger partial charge in [0.1, 0.15) is 12.7 Å². The first kappa shape index (κ1) is 25.5. The predicted molar refractivity (Wildman–Crippen MR) is 109 cm³/mol. The van der Waals surface area contributed by atoms with Crippen LogP contribution in [0.2, 0.25) is 0 Å². The van der Waals surface area contributed by atoms with Crippen LogP contribution in [0.1, 0.15) is 27.7 Å². The normalized spacial score (nSPS) is 24.2. The standard InChI is InChI=1S/C20H24N2O11/c1-10(23)29-9-16-17(30-11(2)24)18(31-12(3)25)19(32-13(4)26)20(33-16)21-14-5-7-15(8-6-14)22(27)28/h5-8,16-21H,9H2,1-4H3/t16-,17-,18+,19+,20?/m1/s1. The van der Waals surface area contributed by atoms with E-state index in [2.05, 4.69) is 5.32 Å². The van der Waals surface area contributed by atoms with E-state index >= 15 is 0 Å². The van der Waals surface area contributed by atoms with Crippen LogP contribution < -0.4 is 5.32 Å². The summed E-state index contributed by atoms with van der Waals surface area (Å²) in [6.07, 6.45) is -6.17. The number of nitrogens with zero attached hydrogens (tertiary/aromatic N) is 1. The Morgan fingerprint density at radius 2 is 1.39 bits per heavy atom. The highest BCUT2D eigenvalue weighted by molar-refractivity contribution is 5.69. The van der Waals surface area contributed by atoms with Gasteiger partial charge in [0.05, 0.1) is 4.92 Å². The van der Waals surface area contributed by atoms with Crippen molar-refractivity contribution in [3.05, 3.63) is 34.4 Å². The SMILES string of the molecule is CC(=O)OC[C@H]1OC(Nc2ccc([N+](=O)[O-])cc2)[C@@H](OC(C)=O)[C@@H](OC(C)=O)[C@@H]1OC(C)=O. The van der Waals surface area contributed by atoms with E-state index in [1.165, 1.54) is 31.2 Å². The fourth-order valence-electron chi connectivity index (χ4n) is 3.19. The van der Waals surface area contributed by atoms with Crippen LogP contribution in [-0.4, -0.2) is 66.1 Å². The molecule has 0 amide bonds. The van der Waals surface area contributed by atoms with Crippen molar-refractivity contribution in [1.82, 2.24) is 0 Å². The molecule has 0 radical (unpaired) electrons. The molecular weight excluding hydrogens is 444 g/mol. The van der Waals surface area contributed by atoms with Crippen molar-refractivity contribution in [3.63, 3.8) is 0 Å². The van der Waals surface area contributed by atoms with Gasteiger partial charge in [-0.15, -0.1) is 0 Å². The van der Waals surface area contributed by atoms with Crippen molar-refractivity contribution in [2.24, 2.45) is 0 Å². The van der Waals surface area contributed by atoms with E-state index in [-0.39, 0.29) is 12.3 Å². The van der Waals surface area contributed by atoms with Crippen LogP contribution in [0.15, 0.2) is 24.3 Å². The Labute approximate surface area is 188 Å². The van der Waals surface area contributed by atoms with E-state index in [1.54, 1.807) is 0 Å². The van der Waals surface area contributed by atoms with Gasteiger partial charge < -0.3 is 29.0 Å². The highest BCUT2D eigenvalue weighted by Gasteiger charge is 2.52. The number of carbonyl (C=O) groups excluding carboxylic acids is 4. The molecule has 13 nitrogen and oxygen atoms in total. The minimum absolute atomic E-state index is 0.151. The lowest BCUT2D eigenvalue weighted by Crippen LogP contribution is -2.64. The number of hydrogen-bond acceptors (Lipinski definition) is 12. The summed E-state index contributed by atoms with van der Waals surface area (Å²) >= 11 is 0. The Kier molecular flexibility index (Phi) is 8.68. The molecule has 1 aromatic carbocycles. The highest BCUT2D eigenvalue weighted by atomic mass is 16.7. The van der Waals surface area contributed by atoms with Crippen molar-refractivity contribution < 1.29 is 47.8 Å². The number of ether oxygens (including phenoxy) is 5. The third kappa shape index (κ3) is 7.42. The number of esters is 4. The first-order valence-corrected chi connectivity index (χ1v) is 9.79. The molecule has 1 aliphatic heterocycles. The van der Waals surface area contributed by atoms with E-state index < -0.39 is 59.4 Å². The predicted octanol–water partition coefficient (Wildman–Crippen LogP) is 1.09. The molecule has 1 unspecified atom stereocenters. The van der Waals surface area contributed by atoms with Gasteiger partial charge in [-0.1, -0.05) is 0 Å². The number of nitro benzene ring substituents is 1. The molecule has 0 spiro atoms. The van der Waals surface area contributed by atoms with Gasteiger partial charge in [-0.3, -0.25) is 29.3 Å². The Bertz CT molecular complexity index is 902. The van der Waals surface area contributed by atoms with Crippen LogP contribution in [0, 0.1) is 10.1 Å². The summed E-state index contributed by atoms with van der Waals surface area (Å²) in [4.78, 5) is 56.9. The smallest absolute Gasteiger partial charge is 0.303 e. The molecule has 13 heteroatoms. The third-order valence-electron chi connectivity index (χ3n) is 4.38. The summed E-state index contributed by atoms with van der Waals surface area (Å²) in [5.41, 5.74) is 0.198. The van der Waals surface area contributed by atoms with Gasteiger partial charge >= 0.3 is 23.9 Å². The second kappa shape index (κ2) is 11.2. The van der Waals surface area contributed by atoms with E-state index in [9.17, 15) is 29.3 Å². The molecule has 1 aromatic rings. The largest absolute Gasteiger partial charge is 0.463 e. The lowest BCUT2D eigenvalue weighted by atomic mass is 9.97. The van der Waals surface area contributed by atoms with Crippen molar-refractivity contribution in [1.29, 1.82) is 0 Å². The zero-order chi connectivity index (χ0) is 24.7. The van der Waals surface area contributed by atoms with E-state index in [4.69, 9.17) is 23.7 Å². The van der Waals surface area contributed by atoms with Crippen molar-refractivity contribution in [2.45, 2.75) is 58.3 Å². The fourth-order valence-corrected chi connectivity index (χ4v) is 3.19. The lowest BCUT2D eigenvalue weighted by Gasteiger charge is -2.44. The van der Waals surface area contributed by atoms with Gasteiger partial charge in [0, 0.05) is 45.5 Å². The van der Waals surface area contributed by atoms with Crippen LogP contribution in [0.4, 0.5) is 11.4 Å². The topological polar surface area (TPSA) is 170 Å². The summed E-state index contributed by atoms with van der Waals surface area (Å²) in [5.74, 6) is -2.86. The van der Waals surface area contributed by atoms with Gasteiger partial charge in [0.15, 0.2) is 24.5 Å². The van der Waals surface area contributed by atoms with Gasteiger partial charge in [-0.2, -0.15) is 0 Å². The van der Waals surface area contributed by atoms with E-state index in [0.717, 1.165) is 20.8 Å². The van der Waals surface area contributed by atoms with Gasteiger partial charge in [0.25, 0.3) is 5.69 Å². The number of nitrogens with one attached hydrogen (secondary N) is 1. The Morgan fingerprint density at radius 1 is 0.879 bits per heavy atom. The molecule has 1 N–H and O–H groups in total. The number of non-ortho nitro benzene ring substituents is 1. The molecule has 180 valence electrons. The second-order valence-corrected chi connectivity index (χ2v) is 7.07. The molecule has 5 atom stereocenters. The van der Waals surface area contributed by atoms with Crippen LogP contribution in [0.25, 0.3) is 0 Å². The summed E-state index contributed by atoms with van der Waals surface area (Å²) in [6, 6.07) is 5.28. The number of hydrogen-bond donors (Lipinski definition) is 1. The summed E-state index contributed by atoms with van der Waals surface area (Å²) in [5, 5.41) is 13.8. The minimum atomic E-state index is -1.32. The highest BCUT2D eigenvalue weighted by Crippen LogP contribution is 2.30. The third-order valence-corrected chi connectivity index (χ3v) is 4.38. The fraction of sp³-hybridized carbons (Fsp3) is 0.500. The van der Waals surface area contributed by atoms with Crippen LogP contribution in [0.3, 0.4) is 0 Å². The number of rotatable bonds is 8. The molecule has 0 aromatic heterocycles. The molecule has 1 aliphatic rings. The quantitative estimate of drug-likeness (QED) is 0.250. The number of anilines is 1. The molecule has 0 bridgehead atoms. The van der Waals surface area contributed by atoms with Crippen LogP contribution >= 0.6 is 0 Å². The molecule has 1 saturated heterocycles. The molecule has 1 fully saturated rings. The average Bonchev–Trinajstić information content (AvgIpc) is 2.70. The maximum atomic E-state index is 11.8. The first-order valence-electron chi connectivity index (χ1n) is 9.79. The zero-order valence-electron chi connectivity index (χ0n) is 18.3. The lowest BCUT2D eigenvalue weighted by molar-refractivity contribution is -0.384. The van der Waals surface area contributed by atoms with Crippen molar-refractivity contribution >= 4 is 35.3 Å². The van der Waals surface area contributed by atoms with E-state index in [0.29, 0.717) is 5.69 Å². The molecule has 2 rings (SSSR count). The van der Waals surface area contributed by atoms with Gasteiger partial charge in [-0.05, 0) is 12.1 Å². The van der Waals surface area contributed by atoms with E-state index in [1.807, 2.05) is 0 Å². The molecule has 0 saturated carbocycles. The molecule has 33 heavy (non-hydrogen) atoms. The number of nitro groups is 1. The van der Waals surface area contributed by atoms with Gasteiger partial charge in [0.2, 0.25) is 0 Å². The van der Waals surface area contributed by atoms with Crippen LogP contribution in [-0.2, 0) is 42.9 Å². The second-order valence-electron chi connectivity index (χ2n) is 7.07. The molecular formula is C20H24N2O11. The monoisotopic (exact) mass is 468 g/mol. The summed E-state index contributed by atoms with van der Waals surface area (Å²) in [6.45, 7) is 4.16. The first-order chi connectivity index (χ1) is 15.5. The average molecular weight is 468 g/mol. The zero-order valence-corrected chi connectivity index (χ0v) is 18.3. The maximum Gasteiger partial charge on any atom is 0.303 e. The summed E-state index contributed by atoms with van der Waals surface area (Å²) < 4.78 is 26.8. The Balaban J connectivity index is 2.43. The molecule has 1 heterocycles. The van der Waals surface area contributed by atoms with Crippen molar-refractivity contribution in [3.8, 4) is 0 Å². The maximum absolute atomic E-state index is 11.8. The van der Waals surface area contributed by atoms with Gasteiger partial charge in [-0.25, -0.2) is 0 Å². The van der Waals surface area contributed by atoms with Crippen LogP contribution in [0.5, 0.6) is 0 Å². The Hall–Kier alpha value is -3.74.